The molecule has 0 radical (unpaired) electrons. The largest absolute Gasteiger partial charge is 0.504 e. The first kappa shape index (κ1) is 16.5. The van der Waals surface area contributed by atoms with Crippen LogP contribution in [0.1, 0.15) is 0 Å². The average Bonchev–Trinajstić information content (AvgIpc) is 2.63. The Morgan fingerprint density at radius 1 is 0.920 bits per heavy atom. The Morgan fingerprint density at radius 2 is 1.64 bits per heavy atom. The Morgan fingerprint density at radius 3 is 2.28 bits per heavy atom. The van der Waals surface area contributed by atoms with E-state index in [2.05, 4.69) is 0 Å². The molecule has 0 saturated heterocycles. The Labute approximate surface area is 142 Å². The normalized spacial score (nSPS) is 10.7. The zero-order valence-electron chi connectivity index (χ0n) is 13.8. The maximum Gasteiger partial charge on any atom is 0.239 e. The van der Waals surface area contributed by atoms with Crippen LogP contribution in [0.25, 0.3) is 22.3 Å². The third-order valence-electron chi connectivity index (χ3n) is 3.82. The molecule has 25 heavy (non-hydrogen) atoms. The molecule has 3 aromatic rings. The van der Waals surface area contributed by atoms with E-state index in [4.69, 9.17) is 18.6 Å². The topological polar surface area (TPSA) is 98.4 Å². The molecule has 0 unspecified atom stereocenters. The molecular formula is C18H16O7. The van der Waals surface area contributed by atoms with E-state index in [0.717, 1.165) is 0 Å². The highest BCUT2D eigenvalue weighted by molar-refractivity contribution is 5.89. The van der Waals surface area contributed by atoms with Crippen molar-refractivity contribution in [2.45, 2.75) is 0 Å². The Hall–Kier alpha value is -3.35. The molecular weight excluding hydrogens is 328 g/mol. The third-order valence-corrected chi connectivity index (χ3v) is 3.82. The lowest BCUT2D eigenvalue weighted by atomic mass is 10.1. The van der Waals surface area contributed by atoms with Crippen molar-refractivity contribution in [2.75, 3.05) is 21.3 Å². The second-order valence-electron chi connectivity index (χ2n) is 5.17. The maximum atomic E-state index is 12.7. The molecule has 0 saturated carbocycles. The van der Waals surface area contributed by atoms with Crippen LogP contribution in [0.3, 0.4) is 0 Å². The summed E-state index contributed by atoms with van der Waals surface area (Å²) in [5, 5.41) is 19.4. The van der Waals surface area contributed by atoms with Crippen LogP contribution in [0.2, 0.25) is 0 Å². The van der Waals surface area contributed by atoms with Gasteiger partial charge in [-0.3, -0.25) is 4.79 Å². The van der Waals surface area contributed by atoms with Crippen LogP contribution in [0.5, 0.6) is 28.7 Å². The van der Waals surface area contributed by atoms with Crippen molar-refractivity contribution in [3.05, 3.63) is 40.6 Å². The summed E-state index contributed by atoms with van der Waals surface area (Å²) < 4.78 is 21.4. The van der Waals surface area contributed by atoms with Crippen molar-refractivity contribution in [1.82, 2.24) is 0 Å². The highest BCUT2D eigenvalue weighted by atomic mass is 16.5. The second-order valence-corrected chi connectivity index (χ2v) is 5.17. The molecule has 0 atom stereocenters. The predicted octanol–water partition coefficient (Wildman–Crippen LogP) is 2.90. The first-order valence-electron chi connectivity index (χ1n) is 7.30. The molecule has 7 heteroatoms. The highest BCUT2D eigenvalue weighted by Gasteiger charge is 2.21. The van der Waals surface area contributed by atoms with Gasteiger partial charge < -0.3 is 28.8 Å². The van der Waals surface area contributed by atoms with E-state index in [-0.39, 0.29) is 22.5 Å². The smallest absolute Gasteiger partial charge is 0.239 e. The van der Waals surface area contributed by atoms with Crippen LogP contribution in [0, 0.1) is 0 Å². The van der Waals surface area contributed by atoms with Gasteiger partial charge in [0.1, 0.15) is 11.0 Å². The molecule has 1 aromatic heterocycles. The van der Waals surface area contributed by atoms with E-state index in [9.17, 15) is 15.0 Å². The summed E-state index contributed by atoms with van der Waals surface area (Å²) in [6, 6.07) is 7.65. The first-order chi connectivity index (χ1) is 12.0. The maximum absolute atomic E-state index is 12.7. The molecule has 1 heterocycles. The zero-order chi connectivity index (χ0) is 18.1. The molecule has 0 amide bonds. The molecule has 7 nitrogen and oxygen atoms in total. The number of benzene rings is 2. The lowest BCUT2D eigenvalue weighted by molar-refractivity contribution is 0.355. The number of aromatic hydroxyl groups is 2. The van der Waals surface area contributed by atoms with Crippen molar-refractivity contribution >= 4 is 11.0 Å². The number of hydrogen-bond donors (Lipinski definition) is 2. The molecule has 130 valence electrons. The Kier molecular flexibility index (Phi) is 4.14. The number of phenolic OH excluding ortho intramolecular Hbond substituents is 2. The molecule has 0 bridgehead atoms. The number of ether oxygens (including phenoxy) is 3. The number of rotatable bonds is 4. The molecule has 0 aliphatic heterocycles. The summed E-state index contributed by atoms with van der Waals surface area (Å²) in [6.07, 6.45) is 0. The fraction of sp³-hybridized carbons (Fsp3) is 0.167. The van der Waals surface area contributed by atoms with E-state index < -0.39 is 16.9 Å². The van der Waals surface area contributed by atoms with E-state index in [0.29, 0.717) is 17.1 Å². The monoisotopic (exact) mass is 344 g/mol. The van der Waals surface area contributed by atoms with Gasteiger partial charge in [0.15, 0.2) is 28.8 Å². The van der Waals surface area contributed by atoms with Crippen LogP contribution in [0.15, 0.2) is 39.5 Å². The summed E-state index contributed by atoms with van der Waals surface area (Å²) in [4.78, 5) is 12.7. The van der Waals surface area contributed by atoms with Gasteiger partial charge in [-0.2, -0.15) is 0 Å². The van der Waals surface area contributed by atoms with Gasteiger partial charge in [-0.25, -0.2) is 0 Å². The van der Waals surface area contributed by atoms with E-state index >= 15 is 0 Å². The van der Waals surface area contributed by atoms with Gasteiger partial charge in [-0.1, -0.05) is 0 Å². The van der Waals surface area contributed by atoms with Crippen molar-refractivity contribution in [1.29, 1.82) is 0 Å². The fourth-order valence-corrected chi connectivity index (χ4v) is 2.59. The van der Waals surface area contributed by atoms with Crippen LogP contribution in [-0.2, 0) is 0 Å². The van der Waals surface area contributed by atoms with Crippen molar-refractivity contribution in [3.8, 4) is 40.1 Å². The van der Waals surface area contributed by atoms with Gasteiger partial charge in [0.25, 0.3) is 0 Å². The summed E-state index contributed by atoms with van der Waals surface area (Å²) in [5.41, 5.74) is 0.0499. The third kappa shape index (κ3) is 2.59. The summed E-state index contributed by atoms with van der Waals surface area (Å²) in [7, 11) is 4.34. The van der Waals surface area contributed by atoms with Gasteiger partial charge in [-0.05, 0) is 30.3 Å². The minimum atomic E-state index is -0.595. The minimum Gasteiger partial charge on any atom is -0.504 e. The number of fused-ring (bicyclic) bond motifs is 1. The molecule has 2 N–H and O–H groups in total. The Bertz CT molecular complexity index is 1000. The van der Waals surface area contributed by atoms with Gasteiger partial charge >= 0.3 is 0 Å². The van der Waals surface area contributed by atoms with Gasteiger partial charge in [0, 0.05) is 5.56 Å². The first-order valence-corrected chi connectivity index (χ1v) is 7.30. The molecule has 0 aliphatic carbocycles. The van der Waals surface area contributed by atoms with Crippen LogP contribution in [0.4, 0.5) is 0 Å². The van der Waals surface area contributed by atoms with Gasteiger partial charge in [0.2, 0.25) is 11.2 Å². The fourth-order valence-electron chi connectivity index (χ4n) is 2.59. The summed E-state index contributed by atoms with van der Waals surface area (Å²) in [5.74, 6) is 0.0880. The standard InChI is InChI=1S/C18H16O7/c1-22-11-6-4-9(8-13(11)23-2)17-18(24-3)16(21)14-12(25-17)7-5-10(19)15(14)20/h4-8,19-20H,1-3H3. The molecule has 0 aliphatic rings. The van der Waals surface area contributed by atoms with Crippen molar-refractivity contribution in [3.63, 3.8) is 0 Å². The van der Waals surface area contributed by atoms with Crippen LogP contribution < -0.4 is 19.6 Å². The lowest BCUT2D eigenvalue weighted by Crippen LogP contribution is -2.08. The lowest BCUT2D eigenvalue weighted by Gasteiger charge is -2.12. The number of phenols is 2. The van der Waals surface area contributed by atoms with E-state index in [1.807, 2.05) is 0 Å². The minimum absolute atomic E-state index is 0.0966. The second kappa shape index (κ2) is 6.27. The molecule has 0 spiro atoms. The molecule has 0 fully saturated rings. The summed E-state index contributed by atoms with van der Waals surface area (Å²) in [6.45, 7) is 0. The van der Waals surface area contributed by atoms with Crippen LogP contribution >= 0.6 is 0 Å². The average molecular weight is 344 g/mol. The van der Waals surface area contributed by atoms with Crippen molar-refractivity contribution in [2.24, 2.45) is 0 Å². The summed E-state index contributed by atoms with van der Waals surface area (Å²) >= 11 is 0. The Balaban J connectivity index is 2.34. The molecule has 2 aromatic carbocycles. The predicted molar refractivity (Wildman–Crippen MR) is 90.9 cm³/mol. The SMILES string of the molecule is COc1ccc(-c2oc3ccc(O)c(O)c3c(=O)c2OC)cc1OC. The zero-order valence-corrected chi connectivity index (χ0v) is 13.8. The van der Waals surface area contributed by atoms with Crippen molar-refractivity contribution < 1.29 is 28.8 Å². The van der Waals surface area contributed by atoms with Gasteiger partial charge in [-0.15, -0.1) is 0 Å². The van der Waals surface area contributed by atoms with E-state index in [1.54, 1.807) is 18.2 Å². The highest BCUT2D eigenvalue weighted by Crippen LogP contribution is 2.39. The van der Waals surface area contributed by atoms with Crippen LogP contribution in [-0.4, -0.2) is 31.5 Å². The quantitative estimate of drug-likeness (QED) is 0.702. The number of hydrogen-bond acceptors (Lipinski definition) is 7. The van der Waals surface area contributed by atoms with Gasteiger partial charge in [0.05, 0.1) is 21.3 Å². The number of methoxy groups -OCH3 is 3. The molecule has 3 rings (SSSR count). The van der Waals surface area contributed by atoms with E-state index in [1.165, 1.54) is 33.5 Å².